The van der Waals surface area contributed by atoms with Crippen LogP contribution in [0.1, 0.15) is 19.4 Å². The highest BCUT2D eigenvalue weighted by Gasteiger charge is 2.38. The predicted molar refractivity (Wildman–Crippen MR) is 105 cm³/mol. The molecule has 0 saturated carbocycles. The predicted octanol–water partition coefficient (Wildman–Crippen LogP) is 2.78. The maximum Gasteiger partial charge on any atom is 0.258 e. The van der Waals surface area contributed by atoms with Crippen molar-refractivity contribution in [2.24, 2.45) is 0 Å². The zero-order valence-corrected chi connectivity index (χ0v) is 16.4. The Morgan fingerprint density at radius 2 is 2.17 bits per heavy atom. The summed E-state index contributed by atoms with van der Waals surface area (Å²) in [6, 6.07) is 6.74. The van der Waals surface area contributed by atoms with Crippen LogP contribution in [0.15, 0.2) is 24.5 Å². The normalized spacial score (nSPS) is 16.2. The van der Waals surface area contributed by atoms with Crippen molar-refractivity contribution in [3.05, 3.63) is 40.9 Å². The van der Waals surface area contributed by atoms with Crippen LogP contribution in [0.4, 0.5) is 15.9 Å². The minimum Gasteiger partial charge on any atom is -0.382 e. The second-order valence-corrected chi connectivity index (χ2v) is 7.42. The van der Waals surface area contributed by atoms with Crippen molar-refractivity contribution < 1.29 is 13.9 Å². The molecule has 0 unspecified atom stereocenters. The highest BCUT2D eigenvalue weighted by molar-refractivity contribution is 6.35. The summed E-state index contributed by atoms with van der Waals surface area (Å²) in [5, 5.41) is 13.4. The molecule has 4 rings (SSSR count). The average molecular weight is 415 g/mol. The summed E-state index contributed by atoms with van der Waals surface area (Å²) in [4.78, 5) is 18.2. The molecule has 0 aliphatic carbocycles. The second-order valence-electron chi connectivity index (χ2n) is 7.04. The Labute approximate surface area is 170 Å². The molecule has 2 aromatic heterocycles. The number of benzene rings is 1. The molecule has 10 heteroatoms. The van der Waals surface area contributed by atoms with Crippen molar-refractivity contribution in [1.29, 1.82) is 5.26 Å². The summed E-state index contributed by atoms with van der Waals surface area (Å²) < 4.78 is 21.8. The Morgan fingerprint density at radius 3 is 2.90 bits per heavy atom. The van der Waals surface area contributed by atoms with E-state index in [4.69, 9.17) is 22.1 Å². The smallest absolute Gasteiger partial charge is 0.258 e. The lowest BCUT2D eigenvalue weighted by Crippen LogP contribution is -2.53. The lowest BCUT2D eigenvalue weighted by molar-refractivity contribution is -0.144. The van der Waals surface area contributed by atoms with Gasteiger partial charge in [0.15, 0.2) is 11.6 Å². The van der Waals surface area contributed by atoms with E-state index in [0.717, 1.165) is 0 Å². The molecule has 1 saturated heterocycles. The highest BCUT2D eigenvalue weighted by atomic mass is 35.5. The molecule has 3 aromatic rings. The average Bonchev–Trinajstić information content (AvgIpc) is 2.95. The molecule has 1 aliphatic rings. The third-order valence-electron chi connectivity index (χ3n) is 4.86. The molecule has 2 N–H and O–H groups in total. The van der Waals surface area contributed by atoms with Gasteiger partial charge in [0, 0.05) is 12.1 Å². The van der Waals surface area contributed by atoms with Crippen LogP contribution in [0.5, 0.6) is 0 Å². The summed E-state index contributed by atoms with van der Waals surface area (Å²) in [6.07, 6.45) is 1.19. The van der Waals surface area contributed by atoms with Gasteiger partial charge in [0.2, 0.25) is 0 Å². The van der Waals surface area contributed by atoms with Crippen LogP contribution in [-0.2, 0) is 9.53 Å². The molecule has 1 aliphatic heterocycles. The fourth-order valence-corrected chi connectivity index (χ4v) is 3.67. The van der Waals surface area contributed by atoms with E-state index in [1.807, 2.05) is 0 Å². The summed E-state index contributed by atoms with van der Waals surface area (Å²) in [6.45, 7) is 3.91. The van der Waals surface area contributed by atoms with Gasteiger partial charge in [-0.25, -0.2) is 13.9 Å². The Kier molecular flexibility index (Phi) is 4.41. The first-order valence-electron chi connectivity index (χ1n) is 8.73. The van der Waals surface area contributed by atoms with Crippen molar-refractivity contribution in [3.8, 4) is 17.3 Å². The Hall–Kier alpha value is -3.22. The van der Waals surface area contributed by atoms with Crippen molar-refractivity contribution in [2.75, 3.05) is 23.8 Å². The van der Waals surface area contributed by atoms with Crippen LogP contribution in [-0.4, -0.2) is 39.3 Å². The molecular formula is C19H16ClFN6O2. The minimum atomic E-state index is -1.03. The summed E-state index contributed by atoms with van der Waals surface area (Å²) in [5.74, 6) is -0.972. The second kappa shape index (κ2) is 6.69. The number of hydrogen-bond donors (Lipinski definition) is 1. The number of morpholine rings is 1. The van der Waals surface area contributed by atoms with E-state index in [9.17, 15) is 14.4 Å². The molecule has 1 amide bonds. The van der Waals surface area contributed by atoms with Crippen molar-refractivity contribution in [2.45, 2.75) is 19.4 Å². The molecule has 0 spiro atoms. The van der Waals surface area contributed by atoms with E-state index in [1.54, 1.807) is 26.0 Å². The van der Waals surface area contributed by atoms with Gasteiger partial charge in [0.05, 0.1) is 17.9 Å². The number of aromatic nitrogens is 3. The number of fused-ring (bicyclic) bond motifs is 1. The van der Waals surface area contributed by atoms with Crippen LogP contribution in [0.3, 0.4) is 0 Å². The van der Waals surface area contributed by atoms with Crippen LogP contribution in [0.2, 0.25) is 5.02 Å². The molecular weight excluding hydrogens is 399 g/mol. The lowest BCUT2D eigenvalue weighted by atomic mass is 10.0. The largest absolute Gasteiger partial charge is 0.382 e. The van der Waals surface area contributed by atoms with E-state index in [1.165, 1.54) is 21.8 Å². The van der Waals surface area contributed by atoms with Crippen LogP contribution in [0.25, 0.3) is 16.8 Å². The van der Waals surface area contributed by atoms with E-state index < -0.39 is 11.4 Å². The molecule has 1 aromatic carbocycles. The Bertz CT molecular complexity index is 1200. The number of carbonyl (C=O) groups is 1. The number of hydrogen-bond acceptors (Lipinski definition) is 6. The number of nitrogens with zero attached hydrogens (tertiary/aromatic N) is 5. The number of nitrogen functional groups attached to an aromatic ring is 1. The Balaban J connectivity index is 1.93. The number of nitriles is 1. The number of carbonyl (C=O) groups excluding carboxylic acids is 1. The van der Waals surface area contributed by atoms with E-state index in [-0.39, 0.29) is 40.1 Å². The number of amides is 1. The summed E-state index contributed by atoms with van der Waals surface area (Å²) >= 11 is 6.12. The Morgan fingerprint density at radius 1 is 1.41 bits per heavy atom. The summed E-state index contributed by atoms with van der Waals surface area (Å²) in [5.41, 5.74) is 6.03. The molecule has 0 radical (unpaired) electrons. The van der Waals surface area contributed by atoms with Crippen molar-refractivity contribution in [1.82, 2.24) is 14.6 Å². The SMILES string of the molecule is CC1(C)OCCN(c2cc(-c3c(F)c(Cl)c4c(N)ncnn34)ccc2C#N)C1=O. The maximum absolute atomic E-state index is 15.0. The minimum absolute atomic E-state index is 0.0362. The van der Waals surface area contributed by atoms with E-state index in [2.05, 4.69) is 16.2 Å². The van der Waals surface area contributed by atoms with Gasteiger partial charge in [-0.3, -0.25) is 4.79 Å². The van der Waals surface area contributed by atoms with Crippen LogP contribution < -0.4 is 10.6 Å². The van der Waals surface area contributed by atoms with Gasteiger partial charge in [-0.1, -0.05) is 17.7 Å². The zero-order chi connectivity index (χ0) is 20.9. The highest BCUT2D eigenvalue weighted by Crippen LogP contribution is 2.37. The van der Waals surface area contributed by atoms with Crippen LogP contribution >= 0.6 is 11.6 Å². The first-order valence-corrected chi connectivity index (χ1v) is 9.10. The summed E-state index contributed by atoms with van der Waals surface area (Å²) in [7, 11) is 0. The topological polar surface area (TPSA) is 110 Å². The van der Waals surface area contributed by atoms with Crippen molar-refractivity contribution in [3.63, 3.8) is 0 Å². The lowest BCUT2D eigenvalue weighted by Gasteiger charge is -2.37. The van der Waals surface area contributed by atoms with Gasteiger partial charge in [0.1, 0.15) is 34.2 Å². The first-order chi connectivity index (χ1) is 13.8. The molecule has 0 bridgehead atoms. The van der Waals surface area contributed by atoms with Gasteiger partial charge in [0.25, 0.3) is 5.91 Å². The monoisotopic (exact) mass is 414 g/mol. The molecule has 1 fully saturated rings. The van der Waals surface area contributed by atoms with E-state index in [0.29, 0.717) is 17.9 Å². The zero-order valence-electron chi connectivity index (χ0n) is 15.6. The van der Waals surface area contributed by atoms with Crippen molar-refractivity contribution >= 4 is 34.5 Å². The van der Waals surface area contributed by atoms with E-state index >= 15 is 0 Å². The van der Waals surface area contributed by atoms with Gasteiger partial charge < -0.3 is 15.4 Å². The number of halogens is 2. The molecule has 8 nitrogen and oxygen atoms in total. The number of nitrogens with two attached hydrogens (primary N) is 1. The third-order valence-corrected chi connectivity index (χ3v) is 5.20. The fraction of sp³-hybridized carbons (Fsp3) is 0.263. The quantitative estimate of drug-likeness (QED) is 0.690. The number of anilines is 2. The molecule has 29 heavy (non-hydrogen) atoms. The van der Waals surface area contributed by atoms with Crippen LogP contribution in [0, 0.1) is 17.1 Å². The molecule has 3 heterocycles. The maximum atomic E-state index is 15.0. The van der Waals surface area contributed by atoms with Gasteiger partial charge in [-0.2, -0.15) is 10.4 Å². The van der Waals surface area contributed by atoms with Gasteiger partial charge >= 0.3 is 0 Å². The van der Waals surface area contributed by atoms with Gasteiger partial charge in [-0.05, 0) is 26.0 Å². The molecule has 0 atom stereocenters. The third kappa shape index (κ3) is 2.88. The van der Waals surface area contributed by atoms with Gasteiger partial charge in [-0.15, -0.1) is 0 Å². The number of rotatable bonds is 2. The fourth-order valence-electron chi connectivity index (χ4n) is 3.40. The first kappa shape index (κ1) is 19.1. The standard InChI is InChI=1S/C19H16ClFN6O2/c1-19(2)18(28)26(5-6-29-19)12-7-10(3-4-11(12)8-22)15-14(21)13(20)16-17(23)24-9-25-27(15)16/h3-4,7,9H,5-6H2,1-2H3,(H2,23,24,25). The number of ether oxygens (including phenoxy) is 1. The molecule has 148 valence electrons.